The van der Waals surface area contributed by atoms with Crippen molar-refractivity contribution in [2.75, 3.05) is 0 Å². The number of hydrogen-bond acceptors (Lipinski definition) is 16. The lowest BCUT2D eigenvalue weighted by Crippen LogP contribution is -2.07. The van der Waals surface area contributed by atoms with E-state index >= 15 is 0 Å². The van der Waals surface area contributed by atoms with Gasteiger partial charge in [0.25, 0.3) is 0 Å². The Balaban J connectivity index is 1.21. The molecule has 7 aromatic heterocycles. The van der Waals surface area contributed by atoms with Gasteiger partial charge in [-0.3, -0.25) is 0 Å². The molecule has 74 heavy (non-hydrogen) atoms. The van der Waals surface area contributed by atoms with Crippen LogP contribution in [0.25, 0.3) is 112 Å². The molecule has 12 aromatic rings. The maximum Gasteiger partial charge on any atom is 0.165 e. The maximum atomic E-state index is 11.6. The Labute approximate surface area is 423 Å². The molecule has 0 bridgehead atoms. The van der Waals surface area contributed by atoms with Crippen LogP contribution in [0.4, 0.5) is 0 Å². The van der Waals surface area contributed by atoms with E-state index in [0.29, 0.717) is 110 Å². The summed E-state index contributed by atoms with van der Waals surface area (Å²) in [7, 11) is 0. The number of benzene rings is 5. The van der Waals surface area contributed by atoms with Gasteiger partial charge < -0.3 is 9.13 Å². The largest absolute Gasteiger partial charge is 0.308 e. The van der Waals surface area contributed by atoms with E-state index in [2.05, 4.69) is 88.7 Å². The van der Waals surface area contributed by atoms with Crippen molar-refractivity contribution in [3.05, 3.63) is 149 Å². The second-order valence-electron chi connectivity index (χ2n) is 18.4. The average molecular weight is 969 g/mol. The first-order chi connectivity index (χ1) is 35.6. The Morgan fingerprint density at radius 1 is 0.297 bits per heavy atom. The van der Waals surface area contributed by atoms with Crippen LogP contribution in [-0.2, 0) is 0 Å². The lowest BCUT2D eigenvalue weighted by atomic mass is 10.0. The normalized spacial score (nSPS) is 11.6. The van der Waals surface area contributed by atoms with Gasteiger partial charge in [0.05, 0.1) is 39.0 Å². The van der Waals surface area contributed by atoms with E-state index < -0.39 is 0 Å². The van der Waals surface area contributed by atoms with Crippen LogP contribution >= 0.6 is 0 Å². The molecule has 0 aliphatic rings. The Morgan fingerprint density at radius 2 is 0.554 bits per heavy atom. The van der Waals surface area contributed by atoms with E-state index in [4.69, 9.17) is 49.8 Å². The number of hydrogen-bond donors (Lipinski definition) is 0. The van der Waals surface area contributed by atoms with Crippen LogP contribution in [0.3, 0.4) is 0 Å². The first kappa shape index (κ1) is 45.4. The van der Waals surface area contributed by atoms with Gasteiger partial charge in [0.1, 0.15) is 64.3 Å². The topological polar surface area (TPSA) is 227 Å². The van der Waals surface area contributed by atoms with Crippen molar-refractivity contribution in [2.45, 2.75) is 69.2 Å². The fourth-order valence-corrected chi connectivity index (χ4v) is 10.0. The van der Waals surface area contributed by atoms with Gasteiger partial charge in [0.15, 0.2) is 29.1 Å². The molecule has 0 saturated heterocycles. The van der Waals surface area contributed by atoms with Crippen LogP contribution in [0, 0.1) is 80.6 Å². The summed E-state index contributed by atoms with van der Waals surface area (Å²) in [6.45, 7) is 18.6. The molecule has 0 spiro atoms. The van der Waals surface area contributed by atoms with Gasteiger partial charge >= 0.3 is 0 Å². The van der Waals surface area contributed by atoms with E-state index in [9.17, 15) is 5.26 Å². The minimum atomic E-state index is 0.370. The summed E-state index contributed by atoms with van der Waals surface area (Å²) in [6.07, 6.45) is 0. The monoisotopic (exact) mass is 968 g/mol. The number of aryl methyl sites for hydroxylation is 10. The number of aromatic nitrogens is 17. The summed E-state index contributed by atoms with van der Waals surface area (Å²) in [5.74, 6) is 8.51. The number of rotatable bonds is 7. The number of nitriles is 1. The van der Waals surface area contributed by atoms with Crippen molar-refractivity contribution in [3.8, 4) is 74.4 Å². The van der Waals surface area contributed by atoms with Gasteiger partial charge in [0.2, 0.25) is 0 Å². The molecule has 7 heterocycles. The highest BCUT2D eigenvalue weighted by Gasteiger charge is 2.25. The molecule has 0 atom stereocenters. The van der Waals surface area contributed by atoms with Crippen molar-refractivity contribution < 1.29 is 0 Å². The summed E-state index contributed by atoms with van der Waals surface area (Å²) in [4.78, 5) is 70.5. The second-order valence-corrected chi connectivity index (χ2v) is 18.4. The third kappa shape index (κ3) is 7.87. The minimum Gasteiger partial charge on any atom is -0.308 e. The molecule has 0 N–H and O–H groups in total. The molecule has 0 unspecified atom stereocenters. The summed E-state index contributed by atoms with van der Waals surface area (Å²) < 4.78 is 4.28. The van der Waals surface area contributed by atoms with Gasteiger partial charge in [-0.05, 0) is 106 Å². The summed E-state index contributed by atoms with van der Waals surface area (Å²) >= 11 is 0. The molecule has 0 amide bonds. The Morgan fingerprint density at radius 3 is 0.824 bits per heavy atom. The summed E-state index contributed by atoms with van der Waals surface area (Å²) in [5, 5.41) is 15.4. The lowest BCUT2D eigenvalue weighted by Gasteiger charge is -2.19. The van der Waals surface area contributed by atoms with Crippen molar-refractivity contribution in [1.29, 1.82) is 5.26 Å². The maximum absolute atomic E-state index is 11.6. The molecule has 0 aliphatic heterocycles. The molecule has 358 valence electrons. The molecule has 0 saturated carbocycles. The number of nitrogens with zero attached hydrogens (tertiary/aromatic N) is 18. The highest BCUT2D eigenvalue weighted by molar-refractivity contribution is 6.13. The molecule has 0 aliphatic carbocycles. The van der Waals surface area contributed by atoms with Crippen molar-refractivity contribution >= 4 is 43.6 Å². The molecule has 5 aromatic carbocycles. The van der Waals surface area contributed by atoms with Gasteiger partial charge in [-0.2, -0.15) is 5.26 Å². The fraction of sp³-hybridized carbons (Fsp3) is 0.179. The Kier molecular flexibility index (Phi) is 10.6. The molecule has 12 rings (SSSR count). The highest BCUT2D eigenvalue weighted by atomic mass is 15.1. The van der Waals surface area contributed by atoms with Gasteiger partial charge in [0, 0.05) is 49.4 Å². The number of fused-ring (bicyclic) bond motifs is 6. The summed E-state index contributed by atoms with van der Waals surface area (Å²) in [5.41, 5.74) is 8.63. The van der Waals surface area contributed by atoms with E-state index in [1.54, 1.807) is 0 Å². The van der Waals surface area contributed by atoms with E-state index in [-0.39, 0.29) is 0 Å². The molecular formula is C56H44N18. The smallest absolute Gasteiger partial charge is 0.165 e. The predicted octanol–water partition coefficient (Wildman–Crippen LogP) is 10.1. The van der Waals surface area contributed by atoms with E-state index in [1.165, 1.54) is 0 Å². The van der Waals surface area contributed by atoms with Crippen LogP contribution in [0.5, 0.6) is 0 Å². The van der Waals surface area contributed by atoms with Crippen molar-refractivity contribution in [2.24, 2.45) is 0 Å². The zero-order chi connectivity index (χ0) is 51.3. The minimum absolute atomic E-state index is 0.370. The zero-order valence-electron chi connectivity index (χ0n) is 42.1. The van der Waals surface area contributed by atoms with E-state index in [0.717, 1.165) is 65.9 Å². The first-order valence-corrected chi connectivity index (χ1v) is 23.9. The predicted molar refractivity (Wildman–Crippen MR) is 281 cm³/mol. The molecule has 0 radical (unpaired) electrons. The third-order valence-corrected chi connectivity index (χ3v) is 12.8. The van der Waals surface area contributed by atoms with Crippen LogP contribution in [0.2, 0.25) is 0 Å². The van der Waals surface area contributed by atoms with E-state index in [1.807, 2.05) is 106 Å². The van der Waals surface area contributed by atoms with Crippen molar-refractivity contribution in [1.82, 2.24) is 83.9 Å². The van der Waals surface area contributed by atoms with Gasteiger partial charge in [-0.25, -0.2) is 74.8 Å². The lowest BCUT2D eigenvalue weighted by molar-refractivity contribution is 0.925. The van der Waals surface area contributed by atoms with Crippen molar-refractivity contribution in [3.63, 3.8) is 0 Å². The van der Waals surface area contributed by atoms with Gasteiger partial charge in [-0.1, -0.05) is 48.5 Å². The first-order valence-electron chi connectivity index (χ1n) is 23.9. The van der Waals surface area contributed by atoms with Crippen LogP contribution in [-0.4, -0.2) is 83.9 Å². The molecule has 0 fully saturated rings. The molecule has 18 heteroatoms. The van der Waals surface area contributed by atoms with Crippen LogP contribution in [0.1, 0.15) is 63.8 Å². The fourth-order valence-electron chi connectivity index (χ4n) is 10.0. The standard InChI is InChI=1S/C56H44N18/c1-26-58-27(2)64-52(63-26)36-11-15-41-42-16-12-37(53-65-28(3)59-29(4)66-53)20-48(42)73(47(41)19-36)46-24-45(56-71-34(9)62-35(10)72-56)51(23-40(46)25-57)74-49-21-38(54-67-30(5)60-31(6)68-54)13-17-43(49)44-18-14-39(22-50(44)74)55-69-32(7)61-33(8)70-55/h11-24H,1-10H3. The third-order valence-electron chi connectivity index (χ3n) is 12.8. The summed E-state index contributed by atoms with van der Waals surface area (Å²) in [6, 6.07) is 31.3. The second kappa shape index (κ2) is 17.2. The molecular weight excluding hydrogens is 925 g/mol. The SMILES string of the molecule is Cc1nc(C)nc(-c2ccc3c4ccc(-c5nc(C)nc(C)n5)cc4n(-c4cc(-c5nc(C)nc(C)n5)c(-n5c6cc(-c7nc(C)nc(C)n7)ccc6c6ccc(-c7nc(C)nc(C)n7)cc65)cc4C#N)c3c2)n1. The zero-order valence-corrected chi connectivity index (χ0v) is 42.1. The quantitative estimate of drug-likeness (QED) is 0.145. The Bertz CT molecular complexity index is 4090. The van der Waals surface area contributed by atoms with Crippen LogP contribution < -0.4 is 0 Å². The molecule has 18 nitrogen and oxygen atoms in total. The van der Waals surface area contributed by atoms with Crippen LogP contribution in [0.15, 0.2) is 84.9 Å². The van der Waals surface area contributed by atoms with Gasteiger partial charge in [-0.15, -0.1) is 0 Å². The average Bonchev–Trinajstić information content (AvgIpc) is 3.85. The Hall–Kier alpha value is -9.76. The highest BCUT2D eigenvalue weighted by Crippen LogP contribution is 2.43.